The van der Waals surface area contributed by atoms with E-state index in [-0.39, 0.29) is 12.5 Å². The topological polar surface area (TPSA) is 38.3 Å². The molecule has 0 unspecified atom stereocenters. The van der Waals surface area contributed by atoms with Crippen molar-refractivity contribution in [3.05, 3.63) is 58.6 Å². The Labute approximate surface area is 136 Å². The molecule has 1 amide bonds. The Kier molecular flexibility index (Phi) is 5.45. The van der Waals surface area contributed by atoms with Crippen LogP contribution in [-0.2, 0) is 4.79 Å². The Morgan fingerprint density at radius 2 is 1.95 bits per heavy atom. The van der Waals surface area contributed by atoms with Gasteiger partial charge in [-0.15, -0.1) is 0 Å². The van der Waals surface area contributed by atoms with E-state index >= 15 is 0 Å². The summed E-state index contributed by atoms with van der Waals surface area (Å²) in [5.74, 6) is 0.829. The summed E-state index contributed by atoms with van der Waals surface area (Å²) in [4.78, 5) is 12.1. The number of hydrogen-bond donors (Lipinski definition) is 1. The van der Waals surface area contributed by atoms with E-state index in [9.17, 15) is 4.79 Å². The molecule has 0 heterocycles. The van der Waals surface area contributed by atoms with Crippen LogP contribution < -0.4 is 10.1 Å². The number of benzene rings is 2. The predicted octanol–water partition coefficient (Wildman–Crippen LogP) is 4.79. The van der Waals surface area contributed by atoms with Crippen LogP contribution in [0.15, 0.2) is 42.5 Å². The standard InChI is InChI=1S/C18H20ClNO2/c1-12(2)15-6-4-5-7-16(15)20-18(21)11-22-17-9-8-14(19)10-13(17)3/h4-10,12H,11H2,1-3H3,(H,20,21). The molecule has 0 aliphatic carbocycles. The third-order valence-electron chi connectivity index (χ3n) is 3.35. The maximum Gasteiger partial charge on any atom is 0.262 e. The van der Waals surface area contributed by atoms with Crippen molar-refractivity contribution in [2.45, 2.75) is 26.7 Å². The Morgan fingerprint density at radius 3 is 2.64 bits per heavy atom. The minimum atomic E-state index is -0.178. The number of halogens is 1. The van der Waals surface area contributed by atoms with Crippen LogP contribution in [0.4, 0.5) is 5.69 Å². The van der Waals surface area contributed by atoms with Crippen molar-refractivity contribution in [2.75, 3.05) is 11.9 Å². The summed E-state index contributed by atoms with van der Waals surface area (Å²) in [6.07, 6.45) is 0. The van der Waals surface area contributed by atoms with Gasteiger partial charge in [-0.25, -0.2) is 0 Å². The van der Waals surface area contributed by atoms with Crippen molar-refractivity contribution < 1.29 is 9.53 Å². The van der Waals surface area contributed by atoms with E-state index in [1.54, 1.807) is 12.1 Å². The molecule has 116 valence electrons. The quantitative estimate of drug-likeness (QED) is 0.861. The highest BCUT2D eigenvalue weighted by molar-refractivity contribution is 6.30. The SMILES string of the molecule is Cc1cc(Cl)ccc1OCC(=O)Nc1ccccc1C(C)C. The van der Waals surface area contributed by atoms with Crippen LogP contribution in [0.1, 0.15) is 30.9 Å². The lowest BCUT2D eigenvalue weighted by molar-refractivity contribution is -0.118. The molecule has 22 heavy (non-hydrogen) atoms. The smallest absolute Gasteiger partial charge is 0.262 e. The lowest BCUT2D eigenvalue weighted by Gasteiger charge is -2.14. The zero-order chi connectivity index (χ0) is 16.1. The molecule has 0 aliphatic rings. The van der Waals surface area contributed by atoms with Crippen molar-refractivity contribution >= 4 is 23.2 Å². The largest absolute Gasteiger partial charge is 0.483 e. The molecule has 0 aliphatic heterocycles. The monoisotopic (exact) mass is 317 g/mol. The van der Waals surface area contributed by atoms with Gasteiger partial charge in [0.25, 0.3) is 5.91 Å². The average Bonchev–Trinajstić information content (AvgIpc) is 2.46. The first-order valence-electron chi connectivity index (χ1n) is 7.25. The van der Waals surface area contributed by atoms with Crippen molar-refractivity contribution in [3.8, 4) is 5.75 Å². The highest BCUT2D eigenvalue weighted by Gasteiger charge is 2.10. The van der Waals surface area contributed by atoms with Crippen molar-refractivity contribution in [2.24, 2.45) is 0 Å². The fourth-order valence-corrected chi connectivity index (χ4v) is 2.45. The first-order valence-corrected chi connectivity index (χ1v) is 7.63. The minimum absolute atomic E-state index is 0.0328. The number of rotatable bonds is 5. The van der Waals surface area contributed by atoms with Gasteiger partial charge in [0.15, 0.2) is 6.61 Å². The molecule has 0 saturated heterocycles. The van der Waals surface area contributed by atoms with Gasteiger partial charge in [0, 0.05) is 10.7 Å². The van der Waals surface area contributed by atoms with Gasteiger partial charge in [0.2, 0.25) is 0 Å². The van der Waals surface area contributed by atoms with E-state index in [0.29, 0.717) is 16.7 Å². The van der Waals surface area contributed by atoms with Gasteiger partial charge in [-0.2, -0.15) is 0 Å². The molecule has 2 rings (SSSR count). The fourth-order valence-electron chi connectivity index (χ4n) is 2.22. The number of amides is 1. The molecule has 0 bridgehead atoms. The van der Waals surface area contributed by atoms with Crippen LogP contribution in [0.5, 0.6) is 5.75 Å². The second-order valence-electron chi connectivity index (χ2n) is 5.49. The van der Waals surface area contributed by atoms with Crippen molar-refractivity contribution in [1.82, 2.24) is 0 Å². The third kappa shape index (κ3) is 4.25. The minimum Gasteiger partial charge on any atom is -0.483 e. The molecule has 0 aromatic heterocycles. The van der Waals surface area contributed by atoms with Gasteiger partial charge in [0.1, 0.15) is 5.75 Å². The van der Waals surface area contributed by atoms with E-state index in [1.165, 1.54) is 0 Å². The van der Waals surface area contributed by atoms with E-state index < -0.39 is 0 Å². The van der Waals surface area contributed by atoms with Crippen LogP contribution in [0.3, 0.4) is 0 Å². The Morgan fingerprint density at radius 1 is 1.23 bits per heavy atom. The predicted molar refractivity (Wildman–Crippen MR) is 90.8 cm³/mol. The van der Waals surface area contributed by atoms with E-state index in [0.717, 1.165) is 16.8 Å². The number of carbonyl (C=O) groups is 1. The Balaban J connectivity index is 1.99. The molecule has 4 heteroatoms. The van der Waals surface area contributed by atoms with Crippen molar-refractivity contribution in [3.63, 3.8) is 0 Å². The molecule has 2 aromatic carbocycles. The summed E-state index contributed by atoms with van der Waals surface area (Å²) >= 11 is 5.90. The normalized spacial score (nSPS) is 10.6. The number of ether oxygens (including phenoxy) is 1. The number of carbonyl (C=O) groups excluding carboxylic acids is 1. The molecule has 0 saturated carbocycles. The molecule has 0 atom stereocenters. The lowest BCUT2D eigenvalue weighted by Crippen LogP contribution is -2.21. The first kappa shape index (κ1) is 16.4. The van der Waals surface area contributed by atoms with Crippen LogP contribution in [0.2, 0.25) is 5.02 Å². The van der Waals surface area contributed by atoms with Gasteiger partial charge in [-0.05, 0) is 48.2 Å². The number of aryl methyl sites for hydroxylation is 1. The average molecular weight is 318 g/mol. The summed E-state index contributed by atoms with van der Waals surface area (Å²) in [6.45, 7) is 6.05. The summed E-state index contributed by atoms with van der Waals surface area (Å²) in [5.41, 5.74) is 2.85. The molecule has 0 fully saturated rings. The summed E-state index contributed by atoms with van der Waals surface area (Å²) < 4.78 is 5.56. The molecule has 0 radical (unpaired) electrons. The Bertz CT molecular complexity index is 668. The Hall–Kier alpha value is -2.00. The van der Waals surface area contributed by atoms with Gasteiger partial charge in [0.05, 0.1) is 0 Å². The maximum absolute atomic E-state index is 12.1. The van der Waals surface area contributed by atoms with Gasteiger partial charge >= 0.3 is 0 Å². The van der Waals surface area contributed by atoms with Gasteiger partial charge < -0.3 is 10.1 Å². The van der Waals surface area contributed by atoms with Crippen LogP contribution >= 0.6 is 11.6 Å². The van der Waals surface area contributed by atoms with Crippen LogP contribution in [0, 0.1) is 6.92 Å². The van der Waals surface area contributed by atoms with Crippen LogP contribution in [0.25, 0.3) is 0 Å². The van der Waals surface area contributed by atoms with Crippen molar-refractivity contribution in [1.29, 1.82) is 0 Å². The fraction of sp³-hybridized carbons (Fsp3) is 0.278. The summed E-state index contributed by atoms with van der Waals surface area (Å²) in [6, 6.07) is 13.1. The maximum atomic E-state index is 12.1. The highest BCUT2D eigenvalue weighted by atomic mass is 35.5. The van der Waals surface area contributed by atoms with E-state index in [4.69, 9.17) is 16.3 Å². The zero-order valence-electron chi connectivity index (χ0n) is 13.0. The molecule has 1 N–H and O–H groups in total. The van der Waals surface area contributed by atoms with Gasteiger partial charge in [-0.1, -0.05) is 43.6 Å². The number of anilines is 1. The number of nitrogens with one attached hydrogen (secondary N) is 1. The molecular formula is C18H20ClNO2. The second kappa shape index (κ2) is 7.32. The molecular weight excluding hydrogens is 298 g/mol. The second-order valence-corrected chi connectivity index (χ2v) is 5.93. The number of hydrogen-bond acceptors (Lipinski definition) is 2. The molecule has 0 spiro atoms. The highest BCUT2D eigenvalue weighted by Crippen LogP contribution is 2.24. The van der Waals surface area contributed by atoms with Gasteiger partial charge in [-0.3, -0.25) is 4.79 Å². The van der Waals surface area contributed by atoms with E-state index in [1.807, 2.05) is 37.3 Å². The van der Waals surface area contributed by atoms with E-state index in [2.05, 4.69) is 19.2 Å². The summed E-state index contributed by atoms with van der Waals surface area (Å²) in [5, 5.41) is 3.56. The molecule has 3 nitrogen and oxygen atoms in total. The summed E-state index contributed by atoms with van der Waals surface area (Å²) in [7, 11) is 0. The first-order chi connectivity index (χ1) is 10.5. The number of para-hydroxylation sites is 1. The molecule has 2 aromatic rings. The third-order valence-corrected chi connectivity index (χ3v) is 3.59. The zero-order valence-corrected chi connectivity index (χ0v) is 13.8. The lowest BCUT2D eigenvalue weighted by atomic mass is 10.0. The van der Waals surface area contributed by atoms with Crippen LogP contribution in [-0.4, -0.2) is 12.5 Å².